The van der Waals surface area contributed by atoms with Crippen LogP contribution in [0.2, 0.25) is 0 Å². The Morgan fingerprint density at radius 2 is 0.714 bits per heavy atom. The van der Waals surface area contributed by atoms with Crippen molar-refractivity contribution in [3.05, 3.63) is 48.5 Å². The summed E-state index contributed by atoms with van der Waals surface area (Å²) < 4.78 is 62.0. The van der Waals surface area contributed by atoms with Gasteiger partial charge in [0, 0.05) is 0 Å². The molecule has 0 aliphatic carbocycles. The molecule has 0 radical (unpaired) electrons. The zero-order chi connectivity index (χ0) is 24.3. The molecule has 0 atom stereocenters. The number of hydrogen-bond donors (Lipinski definition) is 0. The normalized spacial score (nSPS) is 19.7. The minimum atomic E-state index is -4.23. The third kappa shape index (κ3) is 11.0. The van der Waals surface area contributed by atoms with E-state index < -0.39 is 15.6 Å². The first-order valence-corrected chi connectivity index (χ1v) is 13.2. The van der Waals surface area contributed by atoms with E-state index in [0.29, 0.717) is 23.0 Å². The van der Waals surface area contributed by atoms with Crippen LogP contribution in [0.3, 0.4) is 0 Å². The molecule has 0 saturated carbocycles. The fourth-order valence-electron chi connectivity index (χ4n) is 2.65. The maximum absolute atomic E-state index is 11.1. The van der Waals surface area contributed by atoms with Crippen molar-refractivity contribution < 1.29 is 56.0 Å². The molecule has 0 aromatic heterocycles. The van der Waals surface area contributed by atoms with E-state index in [-0.39, 0.29) is 75.9 Å². The molecule has 2 heterocycles. The summed E-state index contributed by atoms with van der Waals surface area (Å²) in [5, 5.41) is 0. The van der Waals surface area contributed by atoms with Gasteiger partial charge in [0.2, 0.25) is 0 Å². The van der Waals surface area contributed by atoms with Crippen LogP contribution in [0, 0.1) is 0 Å². The Labute approximate surface area is 218 Å². The summed E-state index contributed by atoms with van der Waals surface area (Å²) in [4.78, 5) is 22.3. The number of fused-ring (bicyclic) bond motifs is 2. The molecular formula is C20H24MgO12P2. The molecule has 15 heteroatoms. The van der Waals surface area contributed by atoms with Gasteiger partial charge in [-0.25, -0.2) is 0 Å². The van der Waals surface area contributed by atoms with E-state index >= 15 is 0 Å². The summed E-state index contributed by atoms with van der Waals surface area (Å²) in [6.07, 6.45) is 0. The average molecular weight is 543 g/mol. The Kier molecular flexibility index (Phi) is 12.8. The first-order valence-electron chi connectivity index (χ1n) is 10.2. The van der Waals surface area contributed by atoms with Crippen molar-refractivity contribution in [2.24, 2.45) is 0 Å². The van der Waals surface area contributed by atoms with Crippen molar-refractivity contribution in [3.63, 3.8) is 0 Å². The summed E-state index contributed by atoms with van der Waals surface area (Å²) in [6, 6.07) is 14.2. The first-order chi connectivity index (χ1) is 16.3. The van der Waals surface area contributed by atoms with E-state index in [9.17, 15) is 18.9 Å². The molecule has 2 aromatic rings. The molecule has 188 valence electrons. The van der Waals surface area contributed by atoms with Gasteiger partial charge < -0.3 is 46.8 Å². The van der Waals surface area contributed by atoms with Crippen molar-refractivity contribution >= 4 is 38.7 Å². The van der Waals surface area contributed by atoms with Crippen LogP contribution in [0.15, 0.2) is 48.5 Å². The van der Waals surface area contributed by atoms with E-state index in [4.69, 9.17) is 18.9 Å². The Balaban J connectivity index is 0.000000240. The number of para-hydroxylation sites is 4. The van der Waals surface area contributed by atoms with Crippen LogP contribution in [0.4, 0.5) is 0 Å². The molecule has 0 unspecified atom stereocenters. The summed E-state index contributed by atoms with van der Waals surface area (Å²) in [5.74, 6) is 2.22. The van der Waals surface area contributed by atoms with Crippen LogP contribution in [0.25, 0.3) is 0 Å². The zero-order valence-corrected chi connectivity index (χ0v) is 22.0. The van der Waals surface area contributed by atoms with E-state index in [2.05, 4.69) is 18.1 Å². The maximum atomic E-state index is 11.1. The third-order valence-corrected chi connectivity index (χ3v) is 6.05. The second-order valence-electron chi connectivity index (χ2n) is 6.51. The molecular weight excluding hydrogens is 518 g/mol. The SMILES string of the molecule is O=P1([O-])OCCOc2ccccc2OCCO1.O=P1([O-])OCCOc2ccccc2OCCO1.[Mg+2]. The zero-order valence-electron chi connectivity index (χ0n) is 18.8. The maximum Gasteiger partial charge on any atom is 2.00 e. The van der Waals surface area contributed by atoms with Gasteiger partial charge in [0.1, 0.15) is 26.4 Å². The summed E-state index contributed by atoms with van der Waals surface area (Å²) in [7, 11) is -8.46. The number of phosphoric acid groups is 2. The number of phosphoric ester groups is 2. The second-order valence-corrected chi connectivity index (χ2v) is 9.34. The summed E-state index contributed by atoms with van der Waals surface area (Å²) in [5.41, 5.74) is 0. The molecule has 35 heavy (non-hydrogen) atoms. The van der Waals surface area contributed by atoms with Crippen molar-refractivity contribution in [1.29, 1.82) is 0 Å². The topological polar surface area (TPSA) is 154 Å². The molecule has 0 bridgehead atoms. The molecule has 0 amide bonds. The smallest absolute Gasteiger partial charge is 0.756 e. The van der Waals surface area contributed by atoms with Crippen LogP contribution < -0.4 is 28.7 Å². The van der Waals surface area contributed by atoms with Crippen molar-refractivity contribution in [2.45, 2.75) is 0 Å². The van der Waals surface area contributed by atoms with Gasteiger partial charge in [-0.05, 0) is 24.3 Å². The molecule has 0 N–H and O–H groups in total. The van der Waals surface area contributed by atoms with Gasteiger partial charge in [0.05, 0.1) is 26.4 Å². The molecule has 0 saturated heterocycles. The van der Waals surface area contributed by atoms with Crippen molar-refractivity contribution in [2.75, 3.05) is 52.9 Å². The Hall–Kier alpha value is -1.37. The van der Waals surface area contributed by atoms with Crippen molar-refractivity contribution in [1.82, 2.24) is 0 Å². The standard InChI is InChI=1S/2C10H13O6P.Mg/c2*11-17(12)15-7-5-13-9-3-1-2-4-10(9)14-6-8-16-17;/h2*1-4H,5-8H2,(H,11,12);/q;;+2/p-2. The predicted octanol–water partition coefficient (Wildman–Crippen LogP) is 1.54. The van der Waals surface area contributed by atoms with E-state index in [1.807, 2.05) is 0 Å². The quantitative estimate of drug-likeness (QED) is 0.350. The Bertz CT molecular complexity index is 858. The molecule has 2 aliphatic rings. The van der Waals surface area contributed by atoms with Crippen LogP contribution in [0.1, 0.15) is 0 Å². The van der Waals surface area contributed by atoms with Crippen LogP contribution in [-0.2, 0) is 27.2 Å². The number of benzene rings is 2. The summed E-state index contributed by atoms with van der Waals surface area (Å²) in [6.45, 7) is 0.0757. The molecule has 4 rings (SSSR count). The fraction of sp³-hybridized carbons (Fsp3) is 0.400. The predicted molar refractivity (Wildman–Crippen MR) is 120 cm³/mol. The largest absolute Gasteiger partial charge is 2.00 e. The molecule has 2 aliphatic heterocycles. The van der Waals surface area contributed by atoms with Gasteiger partial charge >= 0.3 is 23.1 Å². The minimum absolute atomic E-state index is 0. The van der Waals surface area contributed by atoms with E-state index in [0.717, 1.165) is 0 Å². The van der Waals surface area contributed by atoms with Crippen LogP contribution >= 0.6 is 15.6 Å². The molecule has 12 nitrogen and oxygen atoms in total. The molecule has 2 aromatic carbocycles. The molecule has 0 spiro atoms. The van der Waals surface area contributed by atoms with E-state index in [1.165, 1.54) is 0 Å². The number of rotatable bonds is 0. The first kappa shape index (κ1) is 29.9. The monoisotopic (exact) mass is 542 g/mol. The van der Waals surface area contributed by atoms with Crippen molar-refractivity contribution in [3.8, 4) is 23.0 Å². The Morgan fingerprint density at radius 1 is 0.486 bits per heavy atom. The van der Waals surface area contributed by atoms with Gasteiger partial charge in [0.15, 0.2) is 23.0 Å². The van der Waals surface area contributed by atoms with Gasteiger partial charge in [0.25, 0.3) is 15.6 Å². The Morgan fingerprint density at radius 3 is 0.943 bits per heavy atom. The average Bonchev–Trinajstić information content (AvgIpc) is 2.87. The summed E-state index contributed by atoms with van der Waals surface area (Å²) >= 11 is 0. The van der Waals surface area contributed by atoms with E-state index in [1.54, 1.807) is 48.5 Å². The second kappa shape index (κ2) is 15.0. The fourth-order valence-corrected chi connectivity index (χ4v) is 4.00. The number of ether oxygens (including phenoxy) is 4. The van der Waals surface area contributed by atoms with Crippen LogP contribution in [0.5, 0.6) is 23.0 Å². The third-order valence-electron chi connectivity index (χ3n) is 4.06. The van der Waals surface area contributed by atoms with Gasteiger partial charge in [-0.2, -0.15) is 0 Å². The van der Waals surface area contributed by atoms with Gasteiger partial charge in [-0.3, -0.25) is 9.13 Å². The number of hydrogen-bond acceptors (Lipinski definition) is 12. The molecule has 0 fully saturated rings. The minimum Gasteiger partial charge on any atom is -0.756 e. The van der Waals surface area contributed by atoms with Crippen LogP contribution in [-0.4, -0.2) is 75.9 Å². The van der Waals surface area contributed by atoms with Gasteiger partial charge in [-0.1, -0.05) is 24.3 Å². The van der Waals surface area contributed by atoms with Gasteiger partial charge in [-0.15, -0.1) is 0 Å².